The van der Waals surface area contributed by atoms with Crippen molar-refractivity contribution in [2.24, 2.45) is 0 Å². The molecule has 4 aromatic rings. The Labute approximate surface area is 204 Å². The van der Waals surface area contributed by atoms with Crippen LogP contribution in [0.2, 0.25) is 10.0 Å². The summed E-state index contributed by atoms with van der Waals surface area (Å²) < 4.78 is 19.2. The Bertz CT molecular complexity index is 1420. The zero-order valence-electron chi connectivity index (χ0n) is 17.8. The van der Waals surface area contributed by atoms with Crippen LogP contribution in [-0.2, 0) is 0 Å². The van der Waals surface area contributed by atoms with Crippen LogP contribution in [0.3, 0.4) is 0 Å². The van der Waals surface area contributed by atoms with Crippen molar-refractivity contribution in [1.29, 1.82) is 0 Å². The van der Waals surface area contributed by atoms with Gasteiger partial charge < -0.3 is 9.84 Å². The molecule has 1 aliphatic rings. The van der Waals surface area contributed by atoms with E-state index >= 15 is 0 Å². The molecule has 0 saturated heterocycles. The second-order valence-electron chi connectivity index (χ2n) is 7.68. The molecule has 0 aliphatic carbocycles. The molecule has 6 nitrogen and oxygen atoms in total. The van der Waals surface area contributed by atoms with Gasteiger partial charge >= 0.3 is 6.03 Å². The second kappa shape index (κ2) is 8.93. The summed E-state index contributed by atoms with van der Waals surface area (Å²) in [4.78, 5) is 19.3. The average Bonchev–Trinajstić information content (AvgIpc) is 3.29. The minimum absolute atomic E-state index is 0.217. The van der Waals surface area contributed by atoms with E-state index < -0.39 is 6.04 Å². The van der Waals surface area contributed by atoms with Gasteiger partial charge in [-0.05, 0) is 55.0 Å². The highest BCUT2D eigenvalue weighted by molar-refractivity contribution is 6.31. The van der Waals surface area contributed by atoms with Crippen LogP contribution in [0.4, 0.5) is 14.9 Å². The minimum atomic E-state index is -0.642. The predicted octanol–water partition coefficient (Wildman–Crippen LogP) is 6.88. The third-order valence-corrected chi connectivity index (χ3v) is 5.96. The molecule has 34 heavy (non-hydrogen) atoms. The van der Waals surface area contributed by atoms with Gasteiger partial charge in [0, 0.05) is 21.3 Å². The third-order valence-electron chi connectivity index (χ3n) is 5.49. The van der Waals surface area contributed by atoms with Gasteiger partial charge in [0.1, 0.15) is 5.82 Å². The Hall–Kier alpha value is -3.68. The van der Waals surface area contributed by atoms with E-state index in [1.165, 1.54) is 17.0 Å². The Morgan fingerprint density at radius 2 is 1.71 bits per heavy atom. The first kappa shape index (κ1) is 22.1. The molecule has 1 unspecified atom stereocenters. The van der Waals surface area contributed by atoms with E-state index in [1.807, 2.05) is 6.07 Å². The normalized spacial score (nSPS) is 16.1. The van der Waals surface area contributed by atoms with Crippen molar-refractivity contribution < 1.29 is 13.7 Å². The number of hydrogen-bond donors (Lipinski definition) is 1. The number of halogens is 3. The summed E-state index contributed by atoms with van der Waals surface area (Å²) in [6.45, 7) is 1.79. The fourth-order valence-electron chi connectivity index (χ4n) is 3.93. The number of urea groups is 1. The Kier molecular flexibility index (Phi) is 5.81. The molecule has 2 heterocycles. The molecule has 0 fully saturated rings. The molecule has 1 N–H and O–H groups in total. The smallest absolute Gasteiger partial charge is 0.326 e. The fourth-order valence-corrected chi connectivity index (χ4v) is 4.30. The van der Waals surface area contributed by atoms with Crippen LogP contribution in [0.25, 0.3) is 17.0 Å². The SMILES string of the molecule is CC1=C(c2nc(-c3cccc(Cl)c3)no2)C(c2ccc(F)cc2)NC(=O)N1c1cccc(Cl)c1. The number of nitrogens with one attached hydrogen (secondary N) is 1. The first-order chi connectivity index (χ1) is 16.4. The molecule has 9 heteroatoms. The maximum Gasteiger partial charge on any atom is 0.326 e. The number of amides is 2. The molecule has 0 saturated carbocycles. The average molecular weight is 495 g/mol. The molecular formula is C25H17Cl2FN4O2. The molecule has 0 bridgehead atoms. The minimum Gasteiger partial charge on any atom is -0.334 e. The standard InChI is InChI=1S/C25H17Cl2FN4O2/c1-14-21(24-30-23(31-34-24)16-4-2-5-17(26)12-16)22(15-8-10-19(28)11-9-15)29-25(33)32(14)20-7-3-6-18(27)13-20/h2-13,22H,1H3,(H,29,33). The van der Waals surface area contributed by atoms with Gasteiger partial charge in [-0.3, -0.25) is 4.90 Å². The van der Waals surface area contributed by atoms with E-state index in [2.05, 4.69) is 15.5 Å². The lowest BCUT2D eigenvalue weighted by molar-refractivity contribution is 0.244. The summed E-state index contributed by atoms with van der Waals surface area (Å²) >= 11 is 12.3. The largest absolute Gasteiger partial charge is 0.334 e. The number of carbonyl (C=O) groups is 1. The van der Waals surface area contributed by atoms with Crippen molar-refractivity contribution in [3.05, 3.63) is 106 Å². The molecule has 1 aromatic heterocycles. The molecule has 1 aliphatic heterocycles. The van der Waals surface area contributed by atoms with Crippen molar-refractivity contribution in [1.82, 2.24) is 15.5 Å². The molecule has 0 spiro atoms. The van der Waals surface area contributed by atoms with E-state index in [-0.39, 0.29) is 17.7 Å². The van der Waals surface area contributed by atoms with Gasteiger partial charge in [0.25, 0.3) is 5.89 Å². The van der Waals surface area contributed by atoms with Gasteiger partial charge in [-0.1, -0.05) is 58.7 Å². The van der Waals surface area contributed by atoms with E-state index in [0.29, 0.717) is 44.0 Å². The lowest BCUT2D eigenvalue weighted by atomic mass is 9.94. The summed E-state index contributed by atoms with van der Waals surface area (Å²) in [6, 6.07) is 18.9. The summed E-state index contributed by atoms with van der Waals surface area (Å²) in [5, 5.41) is 8.12. The van der Waals surface area contributed by atoms with E-state index in [9.17, 15) is 9.18 Å². The van der Waals surface area contributed by atoms with Crippen molar-refractivity contribution in [2.75, 3.05) is 4.90 Å². The zero-order valence-corrected chi connectivity index (χ0v) is 19.3. The summed E-state index contributed by atoms with van der Waals surface area (Å²) in [5.41, 5.74) is 3.07. The lowest BCUT2D eigenvalue weighted by Crippen LogP contribution is -2.46. The summed E-state index contributed by atoms with van der Waals surface area (Å²) in [5.74, 6) is 0.186. The predicted molar refractivity (Wildman–Crippen MR) is 129 cm³/mol. The van der Waals surface area contributed by atoms with Gasteiger partial charge in [-0.25, -0.2) is 9.18 Å². The topological polar surface area (TPSA) is 71.3 Å². The molecule has 170 valence electrons. The Morgan fingerprint density at radius 1 is 1.00 bits per heavy atom. The van der Waals surface area contributed by atoms with Gasteiger partial charge in [-0.2, -0.15) is 4.98 Å². The highest BCUT2D eigenvalue weighted by Crippen LogP contribution is 2.39. The summed E-state index contributed by atoms with van der Waals surface area (Å²) in [6.07, 6.45) is 0. The van der Waals surface area contributed by atoms with E-state index in [0.717, 1.165) is 0 Å². The highest BCUT2D eigenvalue weighted by atomic mass is 35.5. The second-order valence-corrected chi connectivity index (χ2v) is 8.55. The van der Waals surface area contributed by atoms with Crippen LogP contribution in [0.1, 0.15) is 24.4 Å². The molecular weight excluding hydrogens is 478 g/mol. The number of anilines is 1. The molecule has 2 amide bonds. The van der Waals surface area contributed by atoms with Crippen molar-refractivity contribution in [2.45, 2.75) is 13.0 Å². The molecule has 1 atom stereocenters. The number of rotatable bonds is 4. The first-order valence-corrected chi connectivity index (χ1v) is 11.1. The van der Waals surface area contributed by atoms with Crippen LogP contribution in [0.5, 0.6) is 0 Å². The van der Waals surface area contributed by atoms with Crippen molar-refractivity contribution in [3.63, 3.8) is 0 Å². The van der Waals surface area contributed by atoms with Crippen molar-refractivity contribution in [3.8, 4) is 11.4 Å². The van der Waals surface area contributed by atoms with Crippen LogP contribution >= 0.6 is 23.2 Å². The number of aromatic nitrogens is 2. The van der Waals surface area contributed by atoms with Crippen LogP contribution in [0.15, 0.2) is 83.0 Å². The maximum absolute atomic E-state index is 13.6. The monoisotopic (exact) mass is 494 g/mol. The fraction of sp³-hybridized carbons (Fsp3) is 0.0800. The number of nitrogens with zero attached hydrogens (tertiary/aromatic N) is 3. The lowest BCUT2D eigenvalue weighted by Gasteiger charge is -2.35. The van der Waals surface area contributed by atoms with E-state index in [4.69, 9.17) is 27.7 Å². The molecule has 0 radical (unpaired) electrons. The summed E-state index contributed by atoms with van der Waals surface area (Å²) in [7, 11) is 0. The van der Waals surface area contributed by atoms with Gasteiger partial charge in [-0.15, -0.1) is 0 Å². The van der Waals surface area contributed by atoms with Crippen LogP contribution < -0.4 is 10.2 Å². The van der Waals surface area contributed by atoms with Gasteiger partial charge in [0.05, 0.1) is 17.3 Å². The van der Waals surface area contributed by atoms with Crippen LogP contribution in [0, 0.1) is 5.82 Å². The quantitative estimate of drug-likeness (QED) is 0.335. The number of benzene rings is 3. The molecule has 5 rings (SSSR count). The highest BCUT2D eigenvalue weighted by Gasteiger charge is 2.36. The maximum atomic E-state index is 13.6. The van der Waals surface area contributed by atoms with Gasteiger partial charge in [0.2, 0.25) is 5.82 Å². The number of carbonyl (C=O) groups excluding carboxylic acids is 1. The van der Waals surface area contributed by atoms with Crippen molar-refractivity contribution >= 4 is 40.5 Å². The Morgan fingerprint density at radius 3 is 2.41 bits per heavy atom. The third kappa shape index (κ3) is 4.16. The zero-order chi connectivity index (χ0) is 23.8. The van der Waals surface area contributed by atoms with E-state index in [1.54, 1.807) is 61.5 Å². The molecule has 3 aromatic carbocycles. The number of allylic oxidation sites excluding steroid dienone is 1. The van der Waals surface area contributed by atoms with Crippen LogP contribution in [-0.4, -0.2) is 16.2 Å². The van der Waals surface area contributed by atoms with Gasteiger partial charge in [0.15, 0.2) is 0 Å². The Balaban J connectivity index is 1.66. The first-order valence-electron chi connectivity index (χ1n) is 10.3. The number of hydrogen-bond acceptors (Lipinski definition) is 4.